The van der Waals surface area contributed by atoms with Crippen LogP contribution in [0.3, 0.4) is 0 Å². The second-order valence-electron chi connectivity index (χ2n) is 5.59. The first-order valence-corrected chi connectivity index (χ1v) is 6.88. The third kappa shape index (κ3) is 3.73. The van der Waals surface area contributed by atoms with E-state index in [0.29, 0.717) is 17.6 Å². The molecular formula is C15H20N2O3. The van der Waals surface area contributed by atoms with Gasteiger partial charge in [-0.3, -0.25) is 0 Å². The van der Waals surface area contributed by atoms with Gasteiger partial charge in [0.15, 0.2) is 0 Å². The summed E-state index contributed by atoms with van der Waals surface area (Å²) in [7, 11) is 0. The van der Waals surface area contributed by atoms with Gasteiger partial charge in [0.1, 0.15) is 0 Å². The lowest BCUT2D eigenvalue weighted by Gasteiger charge is -2.24. The number of amides is 2. The number of hydrogen-bond acceptors (Lipinski definition) is 2. The maximum atomic E-state index is 12.3. The van der Waals surface area contributed by atoms with E-state index in [9.17, 15) is 9.59 Å². The molecule has 0 unspecified atom stereocenters. The summed E-state index contributed by atoms with van der Waals surface area (Å²) in [5, 5.41) is 11.7. The standard InChI is InChI=1S/C15H20N2O3/c1-10(2)9-17(13-6-7-13)15(20)16-12-5-3-4-11(8-12)14(18)19/h3-5,8,10,13H,6-7,9H2,1-2H3,(H,16,20)(H,18,19). The molecule has 20 heavy (non-hydrogen) atoms. The zero-order chi connectivity index (χ0) is 14.7. The highest BCUT2D eigenvalue weighted by atomic mass is 16.4. The molecule has 5 heteroatoms. The van der Waals surface area contributed by atoms with Gasteiger partial charge in [-0.2, -0.15) is 0 Å². The molecule has 1 saturated carbocycles. The number of carbonyl (C=O) groups excluding carboxylic acids is 1. The molecule has 0 bridgehead atoms. The van der Waals surface area contributed by atoms with Crippen LogP contribution in [0.15, 0.2) is 24.3 Å². The van der Waals surface area contributed by atoms with Crippen LogP contribution in [0.4, 0.5) is 10.5 Å². The van der Waals surface area contributed by atoms with Crippen LogP contribution < -0.4 is 5.32 Å². The fraction of sp³-hybridized carbons (Fsp3) is 0.467. The van der Waals surface area contributed by atoms with Crippen molar-refractivity contribution in [1.82, 2.24) is 4.90 Å². The molecule has 0 aromatic heterocycles. The third-order valence-corrected chi connectivity index (χ3v) is 3.17. The number of carbonyl (C=O) groups is 2. The van der Waals surface area contributed by atoms with E-state index in [-0.39, 0.29) is 11.6 Å². The van der Waals surface area contributed by atoms with Crippen LogP contribution >= 0.6 is 0 Å². The van der Waals surface area contributed by atoms with Crippen molar-refractivity contribution in [3.05, 3.63) is 29.8 Å². The Labute approximate surface area is 118 Å². The van der Waals surface area contributed by atoms with Crippen molar-refractivity contribution in [1.29, 1.82) is 0 Å². The van der Waals surface area contributed by atoms with Gasteiger partial charge in [0, 0.05) is 18.3 Å². The zero-order valence-electron chi connectivity index (χ0n) is 11.8. The second kappa shape index (κ2) is 5.94. The molecule has 0 saturated heterocycles. The van der Waals surface area contributed by atoms with Gasteiger partial charge < -0.3 is 15.3 Å². The van der Waals surface area contributed by atoms with Crippen LogP contribution in [-0.4, -0.2) is 34.6 Å². The topological polar surface area (TPSA) is 69.6 Å². The summed E-state index contributed by atoms with van der Waals surface area (Å²) in [4.78, 5) is 25.0. The molecular weight excluding hydrogens is 256 g/mol. The van der Waals surface area contributed by atoms with E-state index in [1.54, 1.807) is 12.1 Å². The van der Waals surface area contributed by atoms with Crippen LogP contribution in [0, 0.1) is 5.92 Å². The van der Waals surface area contributed by atoms with E-state index >= 15 is 0 Å². The molecule has 1 aromatic rings. The molecule has 1 fully saturated rings. The van der Waals surface area contributed by atoms with E-state index in [2.05, 4.69) is 19.2 Å². The van der Waals surface area contributed by atoms with Gasteiger partial charge in [-0.15, -0.1) is 0 Å². The SMILES string of the molecule is CC(C)CN(C(=O)Nc1cccc(C(=O)O)c1)C1CC1. The molecule has 5 nitrogen and oxygen atoms in total. The number of aromatic carboxylic acids is 1. The molecule has 1 aromatic carbocycles. The normalized spacial score (nSPS) is 14.2. The smallest absolute Gasteiger partial charge is 0.335 e. The fourth-order valence-electron chi connectivity index (χ4n) is 2.10. The number of carboxylic acids is 1. The molecule has 0 aliphatic heterocycles. The van der Waals surface area contributed by atoms with Crippen LogP contribution in [0.1, 0.15) is 37.0 Å². The number of urea groups is 1. The molecule has 2 N–H and O–H groups in total. The minimum atomic E-state index is -0.998. The summed E-state index contributed by atoms with van der Waals surface area (Å²) in [6, 6.07) is 6.49. The quantitative estimate of drug-likeness (QED) is 0.868. The van der Waals surface area contributed by atoms with Crippen molar-refractivity contribution >= 4 is 17.7 Å². The Bertz CT molecular complexity index is 510. The minimum absolute atomic E-state index is 0.149. The van der Waals surface area contributed by atoms with E-state index in [4.69, 9.17) is 5.11 Å². The summed E-state index contributed by atoms with van der Waals surface area (Å²) in [5.41, 5.74) is 0.689. The average molecular weight is 276 g/mol. The first-order valence-electron chi connectivity index (χ1n) is 6.88. The number of carboxylic acid groups (broad SMARTS) is 1. The molecule has 2 rings (SSSR count). The highest BCUT2D eigenvalue weighted by molar-refractivity contribution is 5.93. The predicted octanol–water partition coefficient (Wildman–Crippen LogP) is 3.04. The van der Waals surface area contributed by atoms with Crippen molar-refractivity contribution in [3.63, 3.8) is 0 Å². The maximum absolute atomic E-state index is 12.3. The lowest BCUT2D eigenvalue weighted by molar-refractivity contribution is 0.0697. The van der Waals surface area contributed by atoms with Crippen molar-refractivity contribution in [2.75, 3.05) is 11.9 Å². The summed E-state index contributed by atoms with van der Waals surface area (Å²) < 4.78 is 0. The Balaban J connectivity index is 2.05. The van der Waals surface area contributed by atoms with Crippen molar-refractivity contribution in [2.45, 2.75) is 32.7 Å². The molecule has 0 atom stereocenters. The van der Waals surface area contributed by atoms with Gasteiger partial charge in [-0.05, 0) is 37.0 Å². The molecule has 0 radical (unpaired) electrons. The maximum Gasteiger partial charge on any atom is 0.335 e. The summed E-state index contributed by atoms with van der Waals surface area (Å²) >= 11 is 0. The van der Waals surface area contributed by atoms with Crippen LogP contribution in [-0.2, 0) is 0 Å². The van der Waals surface area contributed by atoms with Gasteiger partial charge in [-0.25, -0.2) is 9.59 Å². The predicted molar refractivity (Wildman–Crippen MR) is 77.0 cm³/mol. The highest BCUT2D eigenvalue weighted by Crippen LogP contribution is 2.28. The summed E-state index contributed by atoms with van der Waals surface area (Å²) in [5.74, 6) is -0.589. The zero-order valence-corrected chi connectivity index (χ0v) is 11.8. The second-order valence-corrected chi connectivity index (χ2v) is 5.59. The monoisotopic (exact) mass is 276 g/mol. The number of benzene rings is 1. The largest absolute Gasteiger partial charge is 0.478 e. The molecule has 1 aliphatic carbocycles. The van der Waals surface area contributed by atoms with E-state index in [0.717, 1.165) is 19.4 Å². The first-order chi connectivity index (χ1) is 9.47. The van der Waals surface area contributed by atoms with E-state index in [1.807, 2.05) is 4.90 Å². The number of rotatable bonds is 5. The summed E-state index contributed by atoms with van der Waals surface area (Å²) in [6.07, 6.45) is 2.10. The molecule has 0 heterocycles. The molecule has 1 aliphatic rings. The molecule has 108 valence electrons. The summed E-state index contributed by atoms with van der Waals surface area (Å²) in [6.45, 7) is 4.87. The van der Waals surface area contributed by atoms with Crippen molar-refractivity contribution in [3.8, 4) is 0 Å². The fourth-order valence-corrected chi connectivity index (χ4v) is 2.10. The Morgan fingerprint density at radius 1 is 1.40 bits per heavy atom. The first kappa shape index (κ1) is 14.4. The van der Waals surface area contributed by atoms with Crippen molar-refractivity contribution in [2.24, 2.45) is 5.92 Å². The lowest BCUT2D eigenvalue weighted by atomic mass is 10.2. The average Bonchev–Trinajstić information content (AvgIpc) is 3.20. The van der Waals surface area contributed by atoms with E-state index in [1.165, 1.54) is 12.1 Å². The molecule has 2 amide bonds. The van der Waals surface area contributed by atoms with E-state index < -0.39 is 5.97 Å². The number of anilines is 1. The lowest BCUT2D eigenvalue weighted by Crippen LogP contribution is -2.39. The Kier molecular flexibility index (Phi) is 4.27. The van der Waals surface area contributed by atoms with Gasteiger partial charge in [0.05, 0.1) is 5.56 Å². The Morgan fingerprint density at radius 2 is 2.10 bits per heavy atom. The van der Waals surface area contributed by atoms with Gasteiger partial charge in [0.2, 0.25) is 0 Å². The number of nitrogens with one attached hydrogen (secondary N) is 1. The Hall–Kier alpha value is -2.04. The minimum Gasteiger partial charge on any atom is -0.478 e. The van der Waals surface area contributed by atoms with Gasteiger partial charge in [-0.1, -0.05) is 19.9 Å². The third-order valence-electron chi connectivity index (χ3n) is 3.17. The van der Waals surface area contributed by atoms with Gasteiger partial charge >= 0.3 is 12.0 Å². The Morgan fingerprint density at radius 3 is 2.65 bits per heavy atom. The van der Waals surface area contributed by atoms with Crippen LogP contribution in [0.25, 0.3) is 0 Å². The van der Waals surface area contributed by atoms with Crippen LogP contribution in [0.5, 0.6) is 0 Å². The highest BCUT2D eigenvalue weighted by Gasteiger charge is 2.32. The number of nitrogens with zero attached hydrogens (tertiary/aromatic N) is 1. The number of hydrogen-bond donors (Lipinski definition) is 2. The van der Waals surface area contributed by atoms with Crippen molar-refractivity contribution < 1.29 is 14.7 Å². The van der Waals surface area contributed by atoms with Gasteiger partial charge in [0.25, 0.3) is 0 Å². The molecule has 0 spiro atoms. The van der Waals surface area contributed by atoms with Crippen LogP contribution in [0.2, 0.25) is 0 Å².